The lowest BCUT2D eigenvalue weighted by Gasteiger charge is -2.04. The summed E-state index contributed by atoms with van der Waals surface area (Å²) >= 11 is 1.50. The Kier molecular flexibility index (Phi) is 5.77. The molecule has 6 heteroatoms. The lowest BCUT2D eigenvalue weighted by Crippen LogP contribution is -2.14. The summed E-state index contributed by atoms with van der Waals surface area (Å²) in [5, 5.41) is 10.3. The highest BCUT2D eigenvalue weighted by Crippen LogP contribution is 2.23. The first kappa shape index (κ1) is 20.0. The van der Waals surface area contributed by atoms with E-state index in [1.807, 2.05) is 54.2 Å². The highest BCUT2D eigenvalue weighted by Gasteiger charge is 2.16. The number of thiazole rings is 1. The van der Waals surface area contributed by atoms with Gasteiger partial charge in [0.2, 0.25) is 11.0 Å². The average molecular weight is 417 g/mol. The van der Waals surface area contributed by atoms with Crippen LogP contribution in [-0.4, -0.2) is 20.7 Å². The molecule has 5 nitrogen and oxygen atoms in total. The Morgan fingerprint density at radius 3 is 2.50 bits per heavy atom. The fourth-order valence-corrected chi connectivity index (χ4v) is 4.22. The molecule has 0 atom stereocenters. The Hall–Kier alpha value is -3.25. The lowest BCUT2D eigenvalue weighted by atomic mass is 10.0. The second kappa shape index (κ2) is 8.63. The second-order valence-corrected chi connectivity index (χ2v) is 8.27. The number of rotatable bonds is 6. The molecule has 0 spiro atoms. The molecule has 4 aromatic rings. The number of anilines is 1. The van der Waals surface area contributed by atoms with E-state index in [0.29, 0.717) is 0 Å². The van der Waals surface area contributed by atoms with Crippen molar-refractivity contribution >= 4 is 22.9 Å². The SMILES string of the molecule is Cc1ccc(NC(=O)Cc2csc(-n3nc(C)c(Cc4ccccc4)c3C)n2)cc1. The van der Waals surface area contributed by atoms with Crippen LogP contribution >= 0.6 is 11.3 Å². The van der Waals surface area contributed by atoms with Crippen LogP contribution in [0.5, 0.6) is 0 Å². The van der Waals surface area contributed by atoms with E-state index in [9.17, 15) is 4.79 Å². The van der Waals surface area contributed by atoms with E-state index in [1.54, 1.807) is 0 Å². The second-order valence-electron chi connectivity index (χ2n) is 7.44. The molecule has 4 rings (SSSR count). The average Bonchev–Trinajstić information content (AvgIpc) is 3.30. The van der Waals surface area contributed by atoms with Gasteiger partial charge in [0.25, 0.3) is 0 Å². The Morgan fingerprint density at radius 1 is 1.03 bits per heavy atom. The molecule has 1 N–H and O–H groups in total. The zero-order valence-electron chi connectivity index (χ0n) is 17.3. The summed E-state index contributed by atoms with van der Waals surface area (Å²) < 4.78 is 1.89. The quantitative estimate of drug-likeness (QED) is 0.480. The molecule has 152 valence electrons. The topological polar surface area (TPSA) is 59.8 Å². The number of hydrogen-bond donors (Lipinski definition) is 1. The Morgan fingerprint density at radius 2 is 1.77 bits per heavy atom. The van der Waals surface area contributed by atoms with E-state index in [4.69, 9.17) is 5.10 Å². The molecule has 2 aromatic heterocycles. The molecule has 2 aromatic carbocycles. The maximum atomic E-state index is 12.4. The molecule has 1 amide bonds. The summed E-state index contributed by atoms with van der Waals surface area (Å²) in [6.45, 7) is 6.13. The standard InChI is InChI=1S/C24H24N4OS/c1-16-9-11-20(12-10-16)25-23(29)14-21-15-30-24(26-21)28-18(3)22(17(2)27-28)13-19-7-5-4-6-8-19/h4-12,15H,13-14H2,1-3H3,(H,25,29). The van der Waals surface area contributed by atoms with Crippen LogP contribution in [-0.2, 0) is 17.6 Å². The van der Waals surface area contributed by atoms with Crippen molar-refractivity contribution in [3.63, 3.8) is 0 Å². The number of nitrogens with one attached hydrogen (secondary N) is 1. The third kappa shape index (κ3) is 4.49. The number of aromatic nitrogens is 3. The molecule has 0 aliphatic carbocycles. The number of carbonyl (C=O) groups is 1. The zero-order chi connectivity index (χ0) is 21.1. The van der Waals surface area contributed by atoms with Gasteiger partial charge in [-0.2, -0.15) is 5.10 Å². The zero-order valence-corrected chi connectivity index (χ0v) is 18.2. The molecule has 0 fully saturated rings. The number of benzene rings is 2. The number of amides is 1. The Labute approximate surface area is 180 Å². The Balaban J connectivity index is 1.48. The minimum atomic E-state index is -0.0752. The molecule has 0 aliphatic heterocycles. The number of nitrogens with zero attached hydrogens (tertiary/aromatic N) is 3. The molecule has 0 saturated heterocycles. The van der Waals surface area contributed by atoms with Crippen LogP contribution in [0, 0.1) is 20.8 Å². The number of carbonyl (C=O) groups excluding carboxylic acids is 1. The molecule has 0 unspecified atom stereocenters. The van der Waals surface area contributed by atoms with Gasteiger partial charge in [-0.3, -0.25) is 4.79 Å². The predicted molar refractivity (Wildman–Crippen MR) is 121 cm³/mol. The van der Waals surface area contributed by atoms with Gasteiger partial charge in [0, 0.05) is 28.7 Å². The van der Waals surface area contributed by atoms with Crippen molar-refractivity contribution in [2.75, 3.05) is 5.32 Å². The predicted octanol–water partition coefficient (Wildman–Crippen LogP) is 5.03. The fraction of sp³-hybridized carbons (Fsp3) is 0.208. The van der Waals surface area contributed by atoms with Crippen molar-refractivity contribution in [2.24, 2.45) is 0 Å². The summed E-state index contributed by atoms with van der Waals surface area (Å²) in [5.74, 6) is -0.0752. The smallest absolute Gasteiger partial charge is 0.230 e. The maximum absolute atomic E-state index is 12.4. The Bertz CT molecular complexity index is 1160. The van der Waals surface area contributed by atoms with Crippen molar-refractivity contribution in [2.45, 2.75) is 33.6 Å². The molecular weight excluding hydrogens is 392 g/mol. The van der Waals surface area contributed by atoms with Gasteiger partial charge >= 0.3 is 0 Å². The lowest BCUT2D eigenvalue weighted by molar-refractivity contribution is -0.115. The summed E-state index contributed by atoms with van der Waals surface area (Å²) in [6.07, 6.45) is 1.08. The molecule has 2 heterocycles. The maximum Gasteiger partial charge on any atom is 0.230 e. The van der Waals surface area contributed by atoms with E-state index in [2.05, 4.69) is 41.5 Å². The first-order valence-electron chi connectivity index (χ1n) is 9.90. The minimum Gasteiger partial charge on any atom is -0.326 e. The molecule has 0 aliphatic rings. The van der Waals surface area contributed by atoms with E-state index in [1.165, 1.54) is 22.5 Å². The summed E-state index contributed by atoms with van der Waals surface area (Å²) in [5.41, 5.74) is 7.27. The van der Waals surface area contributed by atoms with E-state index in [-0.39, 0.29) is 12.3 Å². The van der Waals surface area contributed by atoms with Gasteiger partial charge in [0.1, 0.15) is 0 Å². The first-order chi connectivity index (χ1) is 14.5. The molecular formula is C24H24N4OS. The number of aryl methyl sites for hydroxylation is 2. The van der Waals surface area contributed by atoms with Crippen molar-refractivity contribution < 1.29 is 4.79 Å². The van der Waals surface area contributed by atoms with Gasteiger partial charge in [-0.15, -0.1) is 11.3 Å². The summed E-state index contributed by atoms with van der Waals surface area (Å²) in [4.78, 5) is 17.0. The van der Waals surface area contributed by atoms with Gasteiger partial charge in [0.15, 0.2) is 0 Å². The largest absolute Gasteiger partial charge is 0.326 e. The van der Waals surface area contributed by atoms with E-state index >= 15 is 0 Å². The van der Waals surface area contributed by atoms with Gasteiger partial charge < -0.3 is 5.32 Å². The highest BCUT2D eigenvalue weighted by atomic mass is 32.1. The summed E-state index contributed by atoms with van der Waals surface area (Å²) in [7, 11) is 0. The molecule has 30 heavy (non-hydrogen) atoms. The van der Waals surface area contributed by atoms with E-state index in [0.717, 1.165) is 39.9 Å². The fourth-order valence-electron chi connectivity index (χ4n) is 3.40. The van der Waals surface area contributed by atoms with Crippen LogP contribution in [0.2, 0.25) is 0 Å². The molecule has 0 bridgehead atoms. The van der Waals surface area contributed by atoms with Crippen LogP contribution in [0.3, 0.4) is 0 Å². The van der Waals surface area contributed by atoms with Gasteiger partial charge in [-0.25, -0.2) is 9.67 Å². The van der Waals surface area contributed by atoms with Crippen LogP contribution in [0.4, 0.5) is 5.69 Å². The van der Waals surface area contributed by atoms with Gasteiger partial charge in [-0.1, -0.05) is 48.0 Å². The molecule has 0 radical (unpaired) electrons. The van der Waals surface area contributed by atoms with E-state index < -0.39 is 0 Å². The van der Waals surface area contributed by atoms with Gasteiger partial charge in [0.05, 0.1) is 17.8 Å². The van der Waals surface area contributed by atoms with Crippen LogP contribution in [0.25, 0.3) is 5.13 Å². The van der Waals surface area contributed by atoms with Crippen LogP contribution < -0.4 is 5.32 Å². The third-order valence-electron chi connectivity index (χ3n) is 5.06. The van der Waals surface area contributed by atoms with Crippen LogP contribution in [0.15, 0.2) is 60.0 Å². The van der Waals surface area contributed by atoms with Crippen molar-refractivity contribution in [1.82, 2.24) is 14.8 Å². The summed E-state index contributed by atoms with van der Waals surface area (Å²) in [6, 6.07) is 18.2. The van der Waals surface area contributed by atoms with Crippen molar-refractivity contribution in [3.8, 4) is 5.13 Å². The molecule has 0 saturated carbocycles. The minimum absolute atomic E-state index is 0.0752. The van der Waals surface area contributed by atoms with Crippen molar-refractivity contribution in [1.29, 1.82) is 0 Å². The van der Waals surface area contributed by atoms with Gasteiger partial charge in [-0.05, 0) is 38.5 Å². The first-order valence-corrected chi connectivity index (χ1v) is 10.8. The normalized spacial score (nSPS) is 10.9. The van der Waals surface area contributed by atoms with Crippen molar-refractivity contribution in [3.05, 3.63) is 93.7 Å². The van der Waals surface area contributed by atoms with Crippen LogP contribution in [0.1, 0.15) is 33.8 Å². The third-order valence-corrected chi connectivity index (χ3v) is 5.93. The highest BCUT2D eigenvalue weighted by molar-refractivity contribution is 7.12. The number of hydrogen-bond acceptors (Lipinski definition) is 4. The monoisotopic (exact) mass is 416 g/mol.